The lowest BCUT2D eigenvalue weighted by Gasteiger charge is -2.56. The van der Waals surface area contributed by atoms with Crippen LogP contribution in [0.1, 0.15) is 147 Å². The minimum absolute atomic E-state index is 0.0149. The van der Waals surface area contributed by atoms with Gasteiger partial charge in [-0.1, -0.05) is 38.1 Å². The number of amides is 1. The number of piperidine rings is 1. The van der Waals surface area contributed by atoms with Crippen molar-refractivity contribution in [1.82, 2.24) is 19.6 Å². The summed E-state index contributed by atoms with van der Waals surface area (Å²) >= 11 is 0. The van der Waals surface area contributed by atoms with Gasteiger partial charge in [-0.2, -0.15) is 0 Å². The van der Waals surface area contributed by atoms with Crippen molar-refractivity contribution in [3.8, 4) is 11.5 Å². The molecule has 4 fully saturated rings. The maximum atomic E-state index is 14.1. The van der Waals surface area contributed by atoms with Gasteiger partial charge in [0.25, 0.3) is 21.6 Å². The second-order valence-corrected chi connectivity index (χ2v) is 21.9. The molecule has 2 aliphatic carbocycles. The Balaban J connectivity index is 0.865. The number of nitrogens with zero attached hydrogens (tertiary/aromatic N) is 4. The number of nitrogens with one attached hydrogen (secondary N) is 2. The third kappa shape index (κ3) is 8.79. The van der Waals surface area contributed by atoms with Crippen molar-refractivity contribution in [2.75, 3.05) is 24.5 Å². The fourth-order valence-corrected chi connectivity index (χ4v) is 12.7. The summed E-state index contributed by atoms with van der Waals surface area (Å²) in [5, 5.41) is 23.7. The first-order chi connectivity index (χ1) is 32.1. The van der Waals surface area contributed by atoms with Crippen LogP contribution in [-0.2, 0) is 14.8 Å². The highest BCUT2D eigenvalue weighted by atomic mass is 32.2. The van der Waals surface area contributed by atoms with E-state index in [0.29, 0.717) is 61.5 Å². The molecule has 3 aliphatic heterocycles. The number of sulfonamides is 1. The molecular formula is C51H58N6O9S. The lowest BCUT2D eigenvalue weighted by atomic mass is 9.59. The Morgan fingerprint density at radius 2 is 1.79 bits per heavy atom. The Labute approximate surface area is 390 Å². The molecule has 1 spiro atoms. The molecule has 0 bridgehead atoms. The highest BCUT2D eigenvalue weighted by molar-refractivity contribution is 7.90. The zero-order valence-electron chi connectivity index (χ0n) is 38.2. The van der Waals surface area contributed by atoms with Crippen molar-refractivity contribution in [3.63, 3.8) is 0 Å². The third-order valence-electron chi connectivity index (χ3n) is 15.5. The van der Waals surface area contributed by atoms with Crippen molar-refractivity contribution >= 4 is 44.3 Å². The minimum Gasteiger partial charge on any atom is -0.455 e. The Hall–Kier alpha value is -5.84. The number of esters is 1. The average molecular weight is 931 g/mol. The van der Waals surface area contributed by atoms with E-state index in [0.717, 1.165) is 55.7 Å². The van der Waals surface area contributed by atoms with Crippen LogP contribution in [0.3, 0.4) is 0 Å². The van der Waals surface area contributed by atoms with Crippen molar-refractivity contribution in [2.24, 2.45) is 11.3 Å². The van der Waals surface area contributed by atoms with Crippen LogP contribution < -0.4 is 14.4 Å². The number of nitro groups is 1. The smallest absolute Gasteiger partial charge is 0.339 e. The topological polar surface area (TPSA) is 197 Å². The molecule has 2 saturated heterocycles. The number of anilines is 1. The fraction of sp³-hybridized carbons (Fsp3) is 0.471. The fourth-order valence-electron chi connectivity index (χ4n) is 11.7. The van der Waals surface area contributed by atoms with E-state index in [9.17, 15) is 33.2 Å². The number of hydrogen-bond acceptors (Lipinski definition) is 12. The molecule has 5 heterocycles. The molecular weight excluding hydrogens is 873 g/mol. The molecule has 16 heteroatoms. The number of rotatable bonds is 12. The van der Waals surface area contributed by atoms with E-state index in [4.69, 9.17) is 9.47 Å². The summed E-state index contributed by atoms with van der Waals surface area (Å²) in [6.07, 6.45) is 11.9. The predicted octanol–water partition coefficient (Wildman–Crippen LogP) is 9.63. The van der Waals surface area contributed by atoms with Gasteiger partial charge in [0.05, 0.1) is 38.3 Å². The molecule has 1 amide bonds. The Morgan fingerprint density at radius 3 is 2.54 bits per heavy atom. The molecule has 352 valence electrons. The molecule has 0 radical (unpaired) electrons. The van der Waals surface area contributed by atoms with E-state index < -0.39 is 49.1 Å². The molecule has 5 aromatic rings. The number of fused-ring (bicyclic) bond motifs is 2. The van der Waals surface area contributed by atoms with E-state index in [1.165, 1.54) is 49.1 Å². The van der Waals surface area contributed by atoms with Crippen LogP contribution in [-0.4, -0.2) is 76.5 Å². The first kappa shape index (κ1) is 45.0. The second-order valence-electron chi connectivity index (χ2n) is 20.3. The number of aromatic amines is 1. The van der Waals surface area contributed by atoms with Crippen molar-refractivity contribution < 1.29 is 37.5 Å². The Morgan fingerprint density at radius 1 is 1.03 bits per heavy atom. The number of hydrogen-bond donors (Lipinski definition) is 3. The van der Waals surface area contributed by atoms with Crippen LogP contribution in [0.2, 0.25) is 0 Å². The summed E-state index contributed by atoms with van der Waals surface area (Å²) in [4.78, 5) is 50.9. The number of aromatic nitrogens is 2. The van der Waals surface area contributed by atoms with E-state index in [1.54, 1.807) is 31.3 Å². The van der Waals surface area contributed by atoms with Crippen molar-refractivity contribution in [2.45, 2.75) is 126 Å². The molecule has 15 nitrogen and oxygen atoms in total. The first-order valence-electron chi connectivity index (χ1n) is 23.7. The van der Waals surface area contributed by atoms with Crippen LogP contribution in [0.4, 0.5) is 11.4 Å². The van der Waals surface area contributed by atoms with Gasteiger partial charge in [0.1, 0.15) is 23.3 Å². The third-order valence-corrected chi connectivity index (χ3v) is 16.8. The number of benzene rings is 3. The minimum atomic E-state index is -4.78. The van der Waals surface area contributed by atoms with E-state index in [1.807, 2.05) is 6.07 Å². The molecule has 3 aromatic carbocycles. The number of carbonyl (C=O) groups excluding carboxylic acids is 2. The number of H-pyrrole nitrogens is 1. The van der Waals surface area contributed by atoms with Crippen LogP contribution in [0.5, 0.6) is 11.5 Å². The van der Waals surface area contributed by atoms with Gasteiger partial charge in [0, 0.05) is 54.6 Å². The summed E-state index contributed by atoms with van der Waals surface area (Å²) in [7, 11) is -4.78. The number of likely N-dealkylation sites (tertiary alicyclic amines) is 1. The zero-order chi connectivity index (χ0) is 46.8. The quantitative estimate of drug-likeness (QED) is 0.0609. The van der Waals surface area contributed by atoms with Gasteiger partial charge in [-0.3, -0.25) is 19.8 Å². The molecule has 3 N–H and O–H groups in total. The molecule has 2 saturated carbocycles. The predicted molar refractivity (Wildman–Crippen MR) is 252 cm³/mol. The maximum Gasteiger partial charge on any atom is 0.339 e. The van der Waals surface area contributed by atoms with Gasteiger partial charge in [0.2, 0.25) is 0 Å². The molecule has 1 unspecified atom stereocenters. The largest absolute Gasteiger partial charge is 0.455 e. The van der Waals surface area contributed by atoms with Gasteiger partial charge in [-0.25, -0.2) is 22.9 Å². The van der Waals surface area contributed by atoms with Gasteiger partial charge in [0.15, 0.2) is 0 Å². The van der Waals surface area contributed by atoms with Gasteiger partial charge < -0.3 is 24.5 Å². The normalized spacial score (nSPS) is 24.2. The van der Waals surface area contributed by atoms with E-state index >= 15 is 0 Å². The monoisotopic (exact) mass is 930 g/mol. The summed E-state index contributed by atoms with van der Waals surface area (Å²) in [5.74, 6) is -0.945. The lowest BCUT2D eigenvalue weighted by Crippen LogP contribution is -2.54. The standard InChI is InChI=1S/C51H58N6O9S/c1-31(2)38-7-4-5-8-39(38)42-9-6-20-56(42)35-28-51(29-35)17-21-55(22-18-51)34-10-11-40(44(25-34)65-36-24-33-14-19-52-47(33)53-30-36)48(58)54-67(63,64)37-26-41-46(43(27-37)57(61)62)45(66-49(41)59)23-32-12-15-50(3,60)16-13-32/h4-5,7-8,10-11,14,19,24-27,30-32,35,42,45,60H,6,9,12-13,15-18,20-23,28-29H2,1-3H3,(H,52,53)(H,54,58)/t32?,42-,45?,50?/m0/s1. The lowest BCUT2D eigenvalue weighted by molar-refractivity contribution is -0.386. The summed E-state index contributed by atoms with van der Waals surface area (Å²) in [5.41, 5.74) is 3.00. The van der Waals surface area contributed by atoms with Crippen molar-refractivity contribution in [3.05, 3.63) is 117 Å². The Kier molecular flexibility index (Phi) is 11.6. The molecule has 5 aliphatic rings. The van der Waals surface area contributed by atoms with Crippen LogP contribution in [0.15, 0.2) is 84.0 Å². The molecule has 2 aromatic heterocycles. The molecule has 2 atom stereocenters. The van der Waals surface area contributed by atoms with E-state index in [-0.39, 0.29) is 33.8 Å². The first-order valence-corrected chi connectivity index (χ1v) is 25.2. The number of aliphatic hydroxyl groups is 1. The number of ether oxygens (including phenoxy) is 2. The number of pyridine rings is 1. The number of cyclic esters (lactones) is 1. The van der Waals surface area contributed by atoms with Crippen molar-refractivity contribution in [1.29, 1.82) is 0 Å². The second kappa shape index (κ2) is 17.4. The average Bonchev–Trinajstić information content (AvgIpc) is 4.05. The maximum absolute atomic E-state index is 14.1. The van der Waals surface area contributed by atoms with Gasteiger partial charge in [-0.05, 0) is 143 Å². The highest BCUT2D eigenvalue weighted by Crippen LogP contribution is 2.54. The Bertz CT molecular complexity index is 2850. The summed E-state index contributed by atoms with van der Waals surface area (Å²) in [6.45, 7) is 9.09. The number of nitro benzene ring substituents is 1. The number of carbonyl (C=O) groups is 2. The van der Waals surface area contributed by atoms with Crippen LogP contribution in [0, 0.1) is 21.4 Å². The van der Waals surface area contributed by atoms with Gasteiger partial charge in [-0.15, -0.1) is 0 Å². The summed E-state index contributed by atoms with van der Waals surface area (Å²) in [6, 6.07) is 20.6. The van der Waals surface area contributed by atoms with Gasteiger partial charge >= 0.3 is 5.97 Å². The molecule has 10 rings (SSSR count). The molecule has 67 heavy (non-hydrogen) atoms. The zero-order valence-corrected chi connectivity index (χ0v) is 39.0. The van der Waals surface area contributed by atoms with E-state index in [2.05, 4.69) is 62.6 Å². The van der Waals surface area contributed by atoms with Crippen LogP contribution in [0.25, 0.3) is 11.0 Å². The summed E-state index contributed by atoms with van der Waals surface area (Å²) < 4.78 is 42.0. The highest BCUT2D eigenvalue weighted by Gasteiger charge is 2.50. The SMILES string of the molecule is CC(C)c1ccccc1[C@@H]1CCCN1C1CC2(CCN(c3ccc(C(=O)NS(=O)(=O)c4cc5c(c([N+](=O)[O-])c4)C(CC4CCC(C)(O)CC4)OC5=O)c(Oc4cnc5[nH]ccc5c4)c3)CC2)C1. The van der Waals surface area contributed by atoms with Crippen LogP contribution >= 0.6 is 0 Å².